The van der Waals surface area contributed by atoms with Crippen molar-refractivity contribution in [2.24, 2.45) is 11.1 Å². The Morgan fingerprint density at radius 1 is 1.12 bits per heavy atom. The zero-order valence-electron chi connectivity index (χ0n) is 15.7. The van der Waals surface area contributed by atoms with Crippen LogP contribution < -0.4 is 10.5 Å². The molecule has 0 saturated heterocycles. The molecular weight excluding hydrogens is 354 g/mol. The molecule has 1 rings (SSSR count). The molecule has 0 unspecified atom stereocenters. The molecule has 2 amide bonds. The lowest BCUT2D eigenvalue weighted by Crippen LogP contribution is -2.40. The van der Waals surface area contributed by atoms with Crippen molar-refractivity contribution in [1.29, 1.82) is 0 Å². The summed E-state index contributed by atoms with van der Waals surface area (Å²) in [6, 6.07) is 6.29. The van der Waals surface area contributed by atoms with Crippen molar-refractivity contribution in [2.45, 2.75) is 44.9 Å². The van der Waals surface area contributed by atoms with Crippen LogP contribution in [0.25, 0.3) is 0 Å². The SMILES string of the molecule is CCC(CC)C(=O)NCCN(CCc1ccc(S(N)(=O)=O)cc1)C(C)=O. The van der Waals surface area contributed by atoms with E-state index in [0.29, 0.717) is 26.1 Å². The van der Waals surface area contributed by atoms with Gasteiger partial charge in [0.2, 0.25) is 21.8 Å². The Morgan fingerprint density at radius 2 is 1.69 bits per heavy atom. The minimum Gasteiger partial charge on any atom is -0.354 e. The third-order valence-corrected chi connectivity index (χ3v) is 5.33. The second-order valence-electron chi connectivity index (χ2n) is 6.25. The highest BCUT2D eigenvalue weighted by Crippen LogP contribution is 2.10. The molecular formula is C18H29N3O4S. The number of nitrogens with zero attached hydrogens (tertiary/aromatic N) is 1. The Bertz CT molecular complexity index is 698. The first-order valence-corrected chi connectivity index (χ1v) is 10.4. The summed E-state index contributed by atoms with van der Waals surface area (Å²) in [5.41, 5.74) is 0.907. The highest BCUT2D eigenvalue weighted by molar-refractivity contribution is 7.89. The Morgan fingerprint density at radius 3 is 2.15 bits per heavy atom. The average Bonchev–Trinajstić information content (AvgIpc) is 2.58. The quantitative estimate of drug-likeness (QED) is 0.634. The molecule has 0 heterocycles. The molecule has 1 aromatic rings. The monoisotopic (exact) mass is 383 g/mol. The summed E-state index contributed by atoms with van der Waals surface area (Å²) in [6.07, 6.45) is 2.19. The topological polar surface area (TPSA) is 110 Å². The van der Waals surface area contributed by atoms with E-state index in [4.69, 9.17) is 5.14 Å². The minimum absolute atomic E-state index is 0.0121. The molecule has 0 radical (unpaired) electrons. The Kier molecular flexibility index (Phi) is 8.74. The van der Waals surface area contributed by atoms with E-state index >= 15 is 0 Å². The van der Waals surface area contributed by atoms with Crippen LogP contribution in [0.5, 0.6) is 0 Å². The van der Waals surface area contributed by atoms with E-state index in [0.717, 1.165) is 18.4 Å². The highest BCUT2D eigenvalue weighted by atomic mass is 32.2. The summed E-state index contributed by atoms with van der Waals surface area (Å²) >= 11 is 0. The molecule has 0 aliphatic rings. The van der Waals surface area contributed by atoms with E-state index in [1.807, 2.05) is 13.8 Å². The van der Waals surface area contributed by atoms with Gasteiger partial charge in [0.05, 0.1) is 4.90 Å². The molecule has 0 bridgehead atoms. The van der Waals surface area contributed by atoms with Crippen molar-refractivity contribution in [3.05, 3.63) is 29.8 Å². The number of primary sulfonamides is 1. The maximum Gasteiger partial charge on any atom is 0.238 e. The van der Waals surface area contributed by atoms with Gasteiger partial charge >= 0.3 is 0 Å². The number of benzene rings is 1. The number of amides is 2. The molecule has 0 aromatic heterocycles. The smallest absolute Gasteiger partial charge is 0.238 e. The molecule has 7 nitrogen and oxygen atoms in total. The number of nitrogens with two attached hydrogens (primary N) is 1. The summed E-state index contributed by atoms with van der Waals surface area (Å²) < 4.78 is 22.5. The van der Waals surface area contributed by atoms with Crippen LogP contribution in [0.15, 0.2) is 29.2 Å². The van der Waals surface area contributed by atoms with Crippen LogP contribution in [0.2, 0.25) is 0 Å². The van der Waals surface area contributed by atoms with Crippen LogP contribution in [-0.2, 0) is 26.0 Å². The van der Waals surface area contributed by atoms with Gasteiger partial charge in [0.15, 0.2) is 0 Å². The number of sulfonamides is 1. The predicted octanol–water partition coefficient (Wildman–Crippen LogP) is 1.28. The molecule has 0 atom stereocenters. The molecule has 0 fully saturated rings. The molecule has 3 N–H and O–H groups in total. The van der Waals surface area contributed by atoms with Crippen LogP contribution >= 0.6 is 0 Å². The van der Waals surface area contributed by atoms with Gasteiger partial charge in [-0.3, -0.25) is 9.59 Å². The lowest BCUT2D eigenvalue weighted by molar-refractivity contribution is -0.130. The second-order valence-corrected chi connectivity index (χ2v) is 7.81. The Balaban J connectivity index is 2.53. The Hall–Kier alpha value is -1.93. The van der Waals surface area contributed by atoms with E-state index in [9.17, 15) is 18.0 Å². The van der Waals surface area contributed by atoms with Crippen LogP contribution in [0, 0.1) is 5.92 Å². The van der Waals surface area contributed by atoms with E-state index in [2.05, 4.69) is 5.32 Å². The fourth-order valence-electron chi connectivity index (χ4n) is 2.65. The van der Waals surface area contributed by atoms with Gasteiger partial charge in [0.1, 0.15) is 0 Å². The number of rotatable bonds is 10. The number of nitrogens with one attached hydrogen (secondary N) is 1. The van der Waals surface area contributed by atoms with Crippen molar-refractivity contribution in [1.82, 2.24) is 10.2 Å². The van der Waals surface area contributed by atoms with Gasteiger partial charge in [0, 0.05) is 32.5 Å². The van der Waals surface area contributed by atoms with Crippen molar-refractivity contribution in [3.8, 4) is 0 Å². The summed E-state index contributed by atoms with van der Waals surface area (Å²) in [7, 11) is -3.70. The number of hydrogen-bond acceptors (Lipinski definition) is 4. The normalized spacial score (nSPS) is 11.4. The van der Waals surface area contributed by atoms with E-state index in [1.165, 1.54) is 19.1 Å². The van der Waals surface area contributed by atoms with Gasteiger partial charge in [-0.1, -0.05) is 26.0 Å². The zero-order valence-corrected chi connectivity index (χ0v) is 16.5. The lowest BCUT2D eigenvalue weighted by atomic mass is 10.0. The average molecular weight is 384 g/mol. The number of carbonyl (C=O) groups is 2. The number of carbonyl (C=O) groups excluding carboxylic acids is 2. The van der Waals surface area contributed by atoms with E-state index < -0.39 is 10.0 Å². The largest absolute Gasteiger partial charge is 0.354 e. The van der Waals surface area contributed by atoms with Gasteiger partial charge < -0.3 is 10.2 Å². The van der Waals surface area contributed by atoms with Crippen LogP contribution in [0.3, 0.4) is 0 Å². The van der Waals surface area contributed by atoms with Crippen molar-refractivity contribution in [2.75, 3.05) is 19.6 Å². The Labute approximate surface area is 156 Å². The summed E-state index contributed by atoms with van der Waals surface area (Å²) in [5.74, 6) is -0.0295. The van der Waals surface area contributed by atoms with E-state index in [1.54, 1.807) is 17.0 Å². The van der Waals surface area contributed by atoms with E-state index in [-0.39, 0.29) is 22.6 Å². The predicted molar refractivity (Wildman–Crippen MR) is 101 cm³/mol. The molecule has 26 heavy (non-hydrogen) atoms. The fourth-order valence-corrected chi connectivity index (χ4v) is 3.17. The zero-order chi connectivity index (χ0) is 19.7. The van der Waals surface area contributed by atoms with Gasteiger partial charge in [-0.25, -0.2) is 13.6 Å². The molecule has 8 heteroatoms. The lowest BCUT2D eigenvalue weighted by Gasteiger charge is -2.22. The first-order valence-electron chi connectivity index (χ1n) is 8.84. The maximum absolute atomic E-state index is 12.0. The van der Waals surface area contributed by atoms with Gasteiger partial charge in [-0.2, -0.15) is 0 Å². The highest BCUT2D eigenvalue weighted by Gasteiger charge is 2.15. The first-order chi connectivity index (χ1) is 12.2. The summed E-state index contributed by atoms with van der Waals surface area (Å²) in [5, 5.41) is 7.95. The third-order valence-electron chi connectivity index (χ3n) is 4.40. The fraction of sp³-hybridized carbons (Fsp3) is 0.556. The second kappa shape index (κ2) is 10.3. The van der Waals surface area contributed by atoms with Gasteiger partial charge in [-0.05, 0) is 37.0 Å². The van der Waals surface area contributed by atoms with Gasteiger partial charge in [-0.15, -0.1) is 0 Å². The van der Waals surface area contributed by atoms with Crippen LogP contribution in [-0.4, -0.2) is 44.8 Å². The third kappa shape index (κ3) is 7.13. The van der Waals surface area contributed by atoms with Crippen molar-refractivity contribution >= 4 is 21.8 Å². The van der Waals surface area contributed by atoms with Crippen LogP contribution in [0.4, 0.5) is 0 Å². The minimum atomic E-state index is -3.70. The first kappa shape index (κ1) is 22.1. The molecule has 1 aromatic carbocycles. The van der Waals surface area contributed by atoms with Gasteiger partial charge in [0.25, 0.3) is 0 Å². The maximum atomic E-state index is 12.0. The summed E-state index contributed by atoms with van der Waals surface area (Å²) in [4.78, 5) is 25.5. The number of hydrogen-bond donors (Lipinski definition) is 2. The summed E-state index contributed by atoms with van der Waals surface area (Å²) in [6.45, 7) is 6.81. The molecule has 0 aliphatic heterocycles. The molecule has 0 spiro atoms. The standard InChI is InChI=1S/C18H29N3O4S/c1-4-16(5-2)18(23)20-11-13-21(14(3)22)12-10-15-6-8-17(9-7-15)26(19,24)25/h6-9,16H,4-5,10-13H2,1-3H3,(H,20,23)(H2,19,24,25). The molecule has 0 aliphatic carbocycles. The van der Waals surface area contributed by atoms with Crippen molar-refractivity contribution < 1.29 is 18.0 Å². The van der Waals surface area contributed by atoms with Crippen molar-refractivity contribution in [3.63, 3.8) is 0 Å². The van der Waals surface area contributed by atoms with Crippen LogP contribution in [0.1, 0.15) is 39.2 Å². The molecule has 146 valence electrons. The molecule has 0 saturated carbocycles.